The first-order valence-electron chi connectivity index (χ1n) is 10.6. The summed E-state index contributed by atoms with van der Waals surface area (Å²) in [5.74, 6) is -1.27. The first-order chi connectivity index (χ1) is 16.1. The van der Waals surface area contributed by atoms with Gasteiger partial charge in [-0.25, -0.2) is 23.8 Å². The van der Waals surface area contributed by atoms with E-state index in [0.717, 1.165) is 4.90 Å². The highest BCUT2D eigenvalue weighted by Gasteiger charge is 2.39. The number of rotatable bonds is 4. The van der Waals surface area contributed by atoms with Gasteiger partial charge in [0.1, 0.15) is 11.4 Å². The van der Waals surface area contributed by atoms with Crippen molar-refractivity contribution in [2.24, 2.45) is 0 Å². The Balaban J connectivity index is 1.89. The highest BCUT2D eigenvalue weighted by molar-refractivity contribution is 6.08. The van der Waals surface area contributed by atoms with Crippen molar-refractivity contribution in [1.82, 2.24) is 19.7 Å². The molecule has 1 aliphatic rings. The van der Waals surface area contributed by atoms with Crippen LogP contribution in [0, 0.1) is 17.1 Å². The van der Waals surface area contributed by atoms with Crippen molar-refractivity contribution in [1.29, 1.82) is 5.26 Å². The van der Waals surface area contributed by atoms with Gasteiger partial charge in [-0.2, -0.15) is 10.4 Å². The van der Waals surface area contributed by atoms with Crippen LogP contribution in [0.5, 0.6) is 0 Å². The standard InChI is InChI=1S/C24H22FN5O4/c1-24(2,3)34-23(33)29-13-18-21(22(29)32)19(30-9-7-15(28-30)8-10-31)11-17(27-18)20-14(12-26)5-4-6-16(20)25/h4-7,9,11,31H,8,10,13H2,1-3H3. The molecule has 1 N–H and O–H groups in total. The Labute approximate surface area is 195 Å². The molecule has 2 amide bonds. The molecule has 174 valence electrons. The Morgan fingerprint density at radius 1 is 1.29 bits per heavy atom. The molecule has 34 heavy (non-hydrogen) atoms. The Bertz CT molecular complexity index is 1340. The van der Waals surface area contributed by atoms with Crippen LogP contribution in [0.1, 0.15) is 48.1 Å². The van der Waals surface area contributed by atoms with Gasteiger partial charge < -0.3 is 9.84 Å². The summed E-state index contributed by atoms with van der Waals surface area (Å²) >= 11 is 0. The average Bonchev–Trinajstić information content (AvgIpc) is 3.36. The van der Waals surface area contributed by atoms with Gasteiger partial charge in [-0.1, -0.05) is 6.07 Å². The predicted octanol–water partition coefficient (Wildman–Crippen LogP) is 3.37. The smallest absolute Gasteiger partial charge is 0.417 e. The van der Waals surface area contributed by atoms with Crippen LogP contribution in [0.15, 0.2) is 36.5 Å². The van der Waals surface area contributed by atoms with Crippen LogP contribution < -0.4 is 0 Å². The zero-order chi connectivity index (χ0) is 24.6. The molecule has 4 rings (SSSR count). The van der Waals surface area contributed by atoms with E-state index in [9.17, 15) is 24.3 Å². The average molecular weight is 463 g/mol. The number of aliphatic hydroxyl groups excluding tert-OH is 1. The third kappa shape index (κ3) is 4.25. The number of benzene rings is 1. The molecule has 10 heteroatoms. The van der Waals surface area contributed by atoms with E-state index < -0.39 is 23.4 Å². The monoisotopic (exact) mass is 463 g/mol. The van der Waals surface area contributed by atoms with Gasteiger partial charge in [-0.05, 0) is 45.0 Å². The van der Waals surface area contributed by atoms with Crippen LogP contribution in [0.2, 0.25) is 0 Å². The van der Waals surface area contributed by atoms with Crippen molar-refractivity contribution in [3.05, 3.63) is 64.9 Å². The van der Waals surface area contributed by atoms with E-state index in [4.69, 9.17) is 4.74 Å². The molecular weight excluding hydrogens is 441 g/mol. The number of aromatic nitrogens is 3. The van der Waals surface area contributed by atoms with E-state index in [1.165, 1.54) is 28.9 Å². The summed E-state index contributed by atoms with van der Waals surface area (Å²) in [6.45, 7) is 4.78. The molecule has 0 fully saturated rings. The van der Waals surface area contributed by atoms with E-state index in [1.807, 2.05) is 6.07 Å². The van der Waals surface area contributed by atoms with Gasteiger partial charge in [-0.15, -0.1) is 0 Å². The summed E-state index contributed by atoms with van der Waals surface area (Å²) < 4.78 is 21.6. The summed E-state index contributed by atoms with van der Waals surface area (Å²) in [5, 5.41) is 23.1. The van der Waals surface area contributed by atoms with Crippen molar-refractivity contribution in [2.45, 2.75) is 39.3 Å². The van der Waals surface area contributed by atoms with Crippen LogP contribution in [0.25, 0.3) is 16.9 Å². The minimum atomic E-state index is -0.826. The number of carbonyl (C=O) groups is 2. The quantitative estimate of drug-likeness (QED) is 0.630. The molecule has 0 saturated carbocycles. The normalized spacial score (nSPS) is 13.1. The fraction of sp³-hybridized carbons (Fsp3) is 0.292. The molecule has 0 spiro atoms. The molecule has 1 aliphatic heterocycles. The molecule has 3 heterocycles. The molecular formula is C24H22FN5O4. The lowest BCUT2D eigenvalue weighted by Gasteiger charge is -2.23. The van der Waals surface area contributed by atoms with Crippen molar-refractivity contribution in [3.63, 3.8) is 0 Å². The summed E-state index contributed by atoms with van der Waals surface area (Å²) in [7, 11) is 0. The largest absolute Gasteiger partial charge is 0.443 e. The second-order valence-corrected chi connectivity index (χ2v) is 8.72. The molecule has 0 bridgehead atoms. The molecule has 0 aliphatic carbocycles. The second kappa shape index (κ2) is 8.68. The molecule has 9 nitrogen and oxygen atoms in total. The number of nitrogens with zero attached hydrogens (tertiary/aromatic N) is 5. The van der Waals surface area contributed by atoms with Crippen LogP contribution in [0.4, 0.5) is 9.18 Å². The lowest BCUT2D eigenvalue weighted by Crippen LogP contribution is -2.37. The number of fused-ring (bicyclic) bond motifs is 1. The lowest BCUT2D eigenvalue weighted by molar-refractivity contribution is 0.0247. The molecule has 1 aromatic carbocycles. The molecule has 3 aromatic rings. The third-order valence-corrected chi connectivity index (χ3v) is 5.10. The third-order valence-electron chi connectivity index (χ3n) is 5.10. The van der Waals surface area contributed by atoms with Crippen LogP contribution >= 0.6 is 0 Å². The summed E-state index contributed by atoms with van der Waals surface area (Å²) in [5.41, 5.74) is 0.580. The van der Waals surface area contributed by atoms with Crippen molar-refractivity contribution in [2.75, 3.05) is 6.61 Å². The first kappa shape index (κ1) is 23.1. The molecule has 0 radical (unpaired) electrons. The molecule has 0 unspecified atom stereocenters. The highest BCUT2D eigenvalue weighted by atomic mass is 19.1. The number of imide groups is 1. The SMILES string of the molecule is CC(C)(C)OC(=O)N1Cc2nc(-c3c(F)cccc3C#N)cc(-n3ccc(CCO)n3)c2C1=O. The van der Waals surface area contributed by atoms with Crippen molar-refractivity contribution >= 4 is 12.0 Å². The number of carbonyl (C=O) groups excluding carboxylic acids is 2. The number of amides is 2. The van der Waals surface area contributed by atoms with Crippen LogP contribution in [0.3, 0.4) is 0 Å². The Hall–Kier alpha value is -4.10. The number of pyridine rings is 1. The van der Waals surface area contributed by atoms with E-state index in [2.05, 4.69) is 10.1 Å². The van der Waals surface area contributed by atoms with Gasteiger partial charge in [0.05, 0.1) is 52.1 Å². The number of halogens is 1. The van der Waals surface area contributed by atoms with Gasteiger partial charge in [0, 0.05) is 19.2 Å². The van der Waals surface area contributed by atoms with E-state index in [0.29, 0.717) is 12.1 Å². The van der Waals surface area contributed by atoms with Crippen molar-refractivity contribution in [3.8, 4) is 23.0 Å². The number of ether oxygens (including phenoxy) is 1. The van der Waals surface area contributed by atoms with Crippen LogP contribution in [-0.4, -0.2) is 49.0 Å². The van der Waals surface area contributed by atoms with Gasteiger partial charge >= 0.3 is 6.09 Å². The fourth-order valence-electron chi connectivity index (χ4n) is 3.68. The Morgan fingerprint density at radius 3 is 2.74 bits per heavy atom. The first-order valence-corrected chi connectivity index (χ1v) is 10.6. The molecule has 0 saturated heterocycles. The Morgan fingerprint density at radius 2 is 2.06 bits per heavy atom. The van der Waals surface area contributed by atoms with Gasteiger partial charge in [-0.3, -0.25) is 4.79 Å². The van der Waals surface area contributed by atoms with E-state index in [-0.39, 0.29) is 46.9 Å². The fourth-order valence-corrected chi connectivity index (χ4v) is 3.68. The number of nitriles is 1. The number of hydrogen-bond acceptors (Lipinski definition) is 7. The lowest BCUT2D eigenvalue weighted by atomic mass is 10.0. The summed E-state index contributed by atoms with van der Waals surface area (Å²) in [6.07, 6.45) is 1.07. The van der Waals surface area contributed by atoms with Gasteiger partial charge in [0.15, 0.2) is 0 Å². The van der Waals surface area contributed by atoms with Gasteiger partial charge in [0.2, 0.25) is 0 Å². The minimum Gasteiger partial charge on any atom is -0.443 e. The summed E-state index contributed by atoms with van der Waals surface area (Å²) in [4.78, 5) is 31.3. The summed E-state index contributed by atoms with van der Waals surface area (Å²) in [6, 6.07) is 9.22. The maximum atomic E-state index is 14.8. The molecule has 0 atom stereocenters. The van der Waals surface area contributed by atoms with Gasteiger partial charge in [0.25, 0.3) is 5.91 Å². The molecule has 2 aromatic heterocycles. The van der Waals surface area contributed by atoms with E-state index >= 15 is 0 Å². The minimum absolute atomic E-state index is 0.0139. The topological polar surface area (TPSA) is 121 Å². The van der Waals surface area contributed by atoms with Crippen LogP contribution in [-0.2, 0) is 17.7 Å². The highest BCUT2D eigenvalue weighted by Crippen LogP contribution is 2.34. The van der Waals surface area contributed by atoms with Crippen molar-refractivity contribution < 1.29 is 23.8 Å². The van der Waals surface area contributed by atoms with E-state index in [1.54, 1.807) is 33.0 Å². The maximum absolute atomic E-state index is 14.8. The zero-order valence-electron chi connectivity index (χ0n) is 18.9. The maximum Gasteiger partial charge on any atom is 0.417 e. The Kier molecular flexibility index (Phi) is 5.89. The zero-order valence-corrected chi connectivity index (χ0v) is 18.9. The number of hydrogen-bond donors (Lipinski definition) is 1. The number of aliphatic hydroxyl groups is 1. The predicted molar refractivity (Wildman–Crippen MR) is 118 cm³/mol. The second-order valence-electron chi connectivity index (χ2n) is 8.72.